The fraction of sp³-hybridized carbons (Fsp3) is 0.500. The van der Waals surface area contributed by atoms with Crippen molar-refractivity contribution in [3.63, 3.8) is 0 Å². The minimum Gasteiger partial charge on any atom is -0.480 e. The number of halogens is 2. The number of nitrogens with zero attached hydrogens (tertiary/aromatic N) is 2. The van der Waals surface area contributed by atoms with E-state index in [-0.39, 0.29) is 5.56 Å². The average Bonchev–Trinajstić information content (AvgIpc) is 2.41. The number of carboxylic acid groups (broad SMARTS) is 1. The zero-order valence-electron chi connectivity index (χ0n) is 11.3. The second-order valence-corrected chi connectivity index (χ2v) is 5.05. The van der Waals surface area contributed by atoms with Crippen molar-refractivity contribution < 1.29 is 18.7 Å². The molecule has 1 aliphatic rings. The number of likely N-dealkylation sites (N-methyl/N-ethyl adjacent to an activating group) is 1. The van der Waals surface area contributed by atoms with Crippen LogP contribution < -0.4 is 0 Å². The fourth-order valence-corrected chi connectivity index (χ4v) is 2.41. The molecule has 0 aromatic heterocycles. The molecule has 1 N–H and O–H groups in total. The van der Waals surface area contributed by atoms with Crippen LogP contribution in [0, 0.1) is 0 Å². The number of carboxylic acids is 1. The molecule has 1 aromatic carbocycles. The monoisotopic (exact) mass is 284 g/mol. The number of hydrogen-bond acceptors (Lipinski definition) is 3. The molecular weight excluding hydrogens is 266 g/mol. The van der Waals surface area contributed by atoms with Crippen molar-refractivity contribution in [2.24, 2.45) is 0 Å². The average molecular weight is 284 g/mol. The molecule has 0 saturated carbocycles. The van der Waals surface area contributed by atoms with Gasteiger partial charge in [0.2, 0.25) is 0 Å². The van der Waals surface area contributed by atoms with Gasteiger partial charge in [0.15, 0.2) is 0 Å². The van der Waals surface area contributed by atoms with Gasteiger partial charge in [0.25, 0.3) is 6.43 Å². The summed E-state index contributed by atoms with van der Waals surface area (Å²) < 4.78 is 25.0. The lowest BCUT2D eigenvalue weighted by Gasteiger charge is -2.36. The summed E-state index contributed by atoms with van der Waals surface area (Å²) in [5, 5.41) is 9.42. The minimum absolute atomic E-state index is 0.0868. The van der Waals surface area contributed by atoms with Gasteiger partial charge in [0, 0.05) is 31.7 Å². The van der Waals surface area contributed by atoms with Gasteiger partial charge in [0.1, 0.15) is 6.04 Å². The summed E-state index contributed by atoms with van der Waals surface area (Å²) in [5.74, 6) is -0.945. The summed E-state index contributed by atoms with van der Waals surface area (Å²) in [6.07, 6.45) is -2.53. The van der Waals surface area contributed by atoms with E-state index in [4.69, 9.17) is 0 Å². The van der Waals surface area contributed by atoms with E-state index in [1.165, 1.54) is 24.3 Å². The van der Waals surface area contributed by atoms with E-state index in [9.17, 15) is 18.7 Å². The number of rotatable bonds is 4. The Bertz CT molecular complexity index is 457. The molecular formula is C14H18F2N2O2. The molecule has 4 nitrogen and oxygen atoms in total. The van der Waals surface area contributed by atoms with Crippen LogP contribution in [0.5, 0.6) is 0 Å². The van der Waals surface area contributed by atoms with Crippen molar-refractivity contribution >= 4 is 5.97 Å². The van der Waals surface area contributed by atoms with Gasteiger partial charge >= 0.3 is 5.97 Å². The van der Waals surface area contributed by atoms with Crippen molar-refractivity contribution in [2.45, 2.75) is 12.5 Å². The first-order valence-corrected chi connectivity index (χ1v) is 6.52. The molecule has 1 aromatic rings. The van der Waals surface area contributed by atoms with E-state index in [0.29, 0.717) is 18.7 Å². The third kappa shape index (κ3) is 3.32. The lowest BCUT2D eigenvalue weighted by Crippen LogP contribution is -2.47. The maximum absolute atomic E-state index is 12.5. The molecule has 6 heteroatoms. The molecule has 0 amide bonds. The van der Waals surface area contributed by atoms with Crippen LogP contribution in [-0.4, -0.2) is 54.1 Å². The molecule has 0 spiro atoms. The number of aliphatic carboxylic acids is 1. The standard InChI is InChI=1S/C14H18F2N2O2/c1-17-6-8-18(9-7-17)12(14(19)20)10-2-4-11(5-3-10)13(15)16/h2-5,12-13H,6-9H2,1H3,(H,19,20). The van der Waals surface area contributed by atoms with E-state index in [2.05, 4.69) is 4.90 Å². The van der Waals surface area contributed by atoms with Crippen molar-refractivity contribution in [2.75, 3.05) is 33.2 Å². The first-order valence-electron chi connectivity index (χ1n) is 6.52. The van der Waals surface area contributed by atoms with Crippen LogP contribution in [0.4, 0.5) is 8.78 Å². The number of piperazine rings is 1. The van der Waals surface area contributed by atoms with Crippen LogP contribution in [0.1, 0.15) is 23.6 Å². The molecule has 1 fully saturated rings. The first kappa shape index (κ1) is 14.9. The third-order valence-electron chi connectivity index (χ3n) is 3.64. The molecule has 20 heavy (non-hydrogen) atoms. The largest absolute Gasteiger partial charge is 0.480 e. The summed E-state index contributed by atoms with van der Waals surface area (Å²) in [5.41, 5.74) is 0.461. The Labute approximate surface area is 116 Å². The lowest BCUT2D eigenvalue weighted by molar-refractivity contribution is -0.144. The fourth-order valence-electron chi connectivity index (χ4n) is 2.41. The quantitative estimate of drug-likeness (QED) is 0.918. The summed E-state index contributed by atoms with van der Waals surface area (Å²) in [6, 6.07) is 4.80. The van der Waals surface area contributed by atoms with E-state index >= 15 is 0 Å². The molecule has 1 atom stereocenters. The smallest absolute Gasteiger partial charge is 0.325 e. The Morgan fingerprint density at radius 2 is 1.60 bits per heavy atom. The highest BCUT2D eigenvalue weighted by Gasteiger charge is 2.29. The zero-order valence-corrected chi connectivity index (χ0v) is 11.3. The molecule has 0 bridgehead atoms. The van der Waals surface area contributed by atoms with Gasteiger partial charge in [0.05, 0.1) is 0 Å². The van der Waals surface area contributed by atoms with Crippen molar-refractivity contribution in [3.8, 4) is 0 Å². The maximum atomic E-state index is 12.5. The molecule has 1 heterocycles. The normalized spacial score (nSPS) is 19.2. The molecule has 1 unspecified atom stereocenters. The molecule has 1 saturated heterocycles. The second kappa shape index (κ2) is 6.28. The van der Waals surface area contributed by atoms with E-state index in [0.717, 1.165) is 13.1 Å². The Hall–Kier alpha value is -1.53. The van der Waals surface area contributed by atoms with Crippen molar-refractivity contribution in [3.05, 3.63) is 35.4 Å². The zero-order chi connectivity index (χ0) is 14.7. The SMILES string of the molecule is CN1CCN(C(C(=O)O)c2ccc(C(F)F)cc2)CC1. The van der Waals surface area contributed by atoms with Crippen molar-refractivity contribution in [1.29, 1.82) is 0 Å². The van der Waals surface area contributed by atoms with Crippen LogP contribution in [0.3, 0.4) is 0 Å². The van der Waals surface area contributed by atoms with Gasteiger partial charge in [-0.2, -0.15) is 0 Å². The topological polar surface area (TPSA) is 43.8 Å². The predicted molar refractivity (Wildman–Crippen MR) is 70.8 cm³/mol. The van der Waals surface area contributed by atoms with Crippen LogP contribution in [0.2, 0.25) is 0 Å². The van der Waals surface area contributed by atoms with E-state index < -0.39 is 18.4 Å². The molecule has 1 aliphatic heterocycles. The summed E-state index contributed by atoms with van der Waals surface area (Å²) >= 11 is 0. The number of carbonyl (C=O) groups is 1. The number of hydrogen-bond donors (Lipinski definition) is 1. The summed E-state index contributed by atoms with van der Waals surface area (Å²) in [7, 11) is 1.99. The Morgan fingerprint density at radius 1 is 1.10 bits per heavy atom. The predicted octanol–water partition coefficient (Wildman–Crippen LogP) is 2.00. The summed E-state index contributed by atoms with van der Waals surface area (Å²) in [6.45, 7) is 2.92. The molecule has 0 radical (unpaired) electrons. The maximum Gasteiger partial charge on any atom is 0.325 e. The van der Waals surface area contributed by atoms with Crippen LogP contribution >= 0.6 is 0 Å². The number of alkyl halides is 2. The molecule has 110 valence electrons. The lowest BCUT2D eigenvalue weighted by atomic mass is 10.0. The first-order chi connectivity index (χ1) is 9.49. The second-order valence-electron chi connectivity index (χ2n) is 5.05. The molecule has 0 aliphatic carbocycles. The van der Waals surface area contributed by atoms with Gasteiger partial charge < -0.3 is 10.0 Å². The van der Waals surface area contributed by atoms with Gasteiger partial charge in [-0.25, -0.2) is 8.78 Å². The molecule has 2 rings (SSSR count). The van der Waals surface area contributed by atoms with E-state index in [1.54, 1.807) is 0 Å². The summed E-state index contributed by atoms with van der Waals surface area (Å²) in [4.78, 5) is 15.5. The van der Waals surface area contributed by atoms with Crippen LogP contribution in [-0.2, 0) is 4.79 Å². The highest BCUT2D eigenvalue weighted by atomic mass is 19.3. The van der Waals surface area contributed by atoms with E-state index in [1.807, 2.05) is 11.9 Å². The van der Waals surface area contributed by atoms with Gasteiger partial charge in [-0.1, -0.05) is 24.3 Å². The van der Waals surface area contributed by atoms with Crippen molar-refractivity contribution in [1.82, 2.24) is 9.80 Å². The Morgan fingerprint density at radius 3 is 2.05 bits per heavy atom. The van der Waals surface area contributed by atoms with Crippen LogP contribution in [0.25, 0.3) is 0 Å². The highest BCUT2D eigenvalue weighted by molar-refractivity contribution is 5.75. The third-order valence-corrected chi connectivity index (χ3v) is 3.64. The van der Waals surface area contributed by atoms with Gasteiger partial charge in [-0.3, -0.25) is 9.69 Å². The Kier molecular flexibility index (Phi) is 4.67. The van der Waals surface area contributed by atoms with Crippen LogP contribution in [0.15, 0.2) is 24.3 Å². The highest BCUT2D eigenvalue weighted by Crippen LogP contribution is 2.25. The minimum atomic E-state index is -2.53. The number of benzene rings is 1. The van der Waals surface area contributed by atoms with Gasteiger partial charge in [-0.05, 0) is 12.6 Å². The van der Waals surface area contributed by atoms with Gasteiger partial charge in [-0.15, -0.1) is 0 Å². The Balaban J connectivity index is 2.18.